The summed E-state index contributed by atoms with van der Waals surface area (Å²) >= 11 is 5.58. The van der Waals surface area contributed by atoms with Crippen LogP contribution in [0, 0.1) is 0 Å². The first-order valence-electron chi connectivity index (χ1n) is 7.35. The molecule has 0 radical (unpaired) electrons. The van der Waals surface area contributed by atoms with Crippen LogP contribution in [-0.4, -0.2) is 13.7 Å². The van der Waals surface area contributed by atoms with E-state index in [1.165, 1.54) is 15.3 Å². The maximum atomic E-state index is 5.29. The van der Waals surface area contributed by atoms with Crippen LogP contribution in [0.4, 0.5) is 0 Å². The minimum absolute atomic E-state index is 0.232. The fourth-order valence-corrected chi connectivity index (χ4v) is 3.90. The van der Waals surface area contributed by atoms with Gasteiger partial charge in [0.2, 0.25) is 0 Å². The second kappa shape index (κ2) is 7.97. The van der Waals surface area contributed by atoms with Gasteiger partial charge in [0.1, 0.15) is 5.75 Å². The molecule has 1 aromatic carbocycles. The van der Waals surface area contributed by atoms with E-state index in [4.69, 9.17) is 4.74 Å². The summed E-state index contributed by atoms with van der Waals surface area (Å²) in [5.74, 6) is 0.875. The van der Waals surface area contributed by atoms with Crippen molar-refractivity contribution in [3.8, 4) is 5.75 Å². The zero-order valence-corrected chi connectivity index (χ0v) is 15.2. The summed E-state index contributed by atoms with van der Waals surface area (Å²) in [5.41, 5.74) is 1.26. The topological polar surface area (TPSA) is 21.3 Å². The fraction of sp³-hybridized carbons (Fsp3) is 0.412. The van der Waals surface area contributed by atoms with Crippen molar-refractivity contribution in [1.82, 2.24) is 5.32 Å². The number of halogens is 1. The van der Waals surface area contributed by atoms with Crippen LogP contribution in [0.5, 0.6) is 5.75 Å². The van der Waals surface area contributed by atoms with Gasteiger partial charge in [-0.2, -0.15) is 0 Å². The highest BCUT2D eigenvalue weighted by molar-refractivity contribution is 9.10. The quantitative estimate of drug-likeness (QED) is 0.728. The lowest BCUT2D eigenvalue weighted by Crippen LogP contribution is -2.22. The van der Waals surface area contributed by atoms with Gasteiger partial charge in [-0.3, -0.25) is 0 Å². The molecule has 0 aliphatic rings. The molecule has 1 heterocycles. The first kappa shape index (κ1) is 16.5. The maximum absolute atomic E-state index is 5.29. The van der Waals surface area contributed by atoms with E-state index >= 15 is 0 Å². The molecule has 0 aliphatic heterocycles. The lowest BCUT2D eigenvalue weighted by Gasteiger charge is -2.19. The van der Waals surface area contributed by atoms with Gasteiger partial charge in [0.05, 0.1) is 13.2 Å². The Morgan fingerprint density at radius 1 is 1.24 bits per heavy atom. The predicted octanol–water partition coefficient (Wildman–Crippen LogP) is 5.17. The SMILES string of the molecule is CCCNC(c1ccc(CC)s1)c1ccc(OC)cc1Br. The Balaban J connectivity index is 2.35. The van der Waals surface area contributed by atoms with Crippen LogP contribution >= 0.6 is 27.3 Å². The Hall–Kier alpha value is -0.840. The number of methoxy groups -OCH3 is 1. The number of nitrogens with one attached hydrogen (secondary N) is 1. The largest absolute Gasteiger partial charge is 0.497 e. The minimum atomic E-state index is 0.232. The van der Waals surface area contributed by atoms with Gasteiger partial charge in [-0.15, -0.1) is 11.3 Å². The Bertz CT molecular complexity index is 582. The van der Waals surface area contributed by atoms with Crippen LogP contribution < -0.4 is 10.1 Å². The number of rotatable bonds is 7. The molecule has 0 spiro atoms. The van der Waals surface area contributed by atoms with E-state index in [1.807, 2.05) is 23.5 Å². The molecule has 0 saturated heterocycles. The molecule has 2 nitrogen and oxygen atoms in total. The molecule has 114 valence electrons. The monoisotopic (exact) mass is 367 g/mol. The van der Waals surface area contributed by atoms with Crippen molar-refractivity contribution in [3.05, 3.63) is 50.1 Å². The van der Waals surface area contributed by atoms with Gasteiger partial charge in [0.15, 0.2) is 0 Å². The molecule has 0 fully saturated rings. The van der Waals surface area contributed by atoms with E-state index in [1.54, 1.807) is 7.11 Å². The van der Waals surface area contributed by atoms with Crippen LogP contribution in [0.1, 0.15) is 41.6 Å². The highest BCUT2D eigenvalue weighted by atomic mass is 79.9. The van der Waals surface area contributed by atoms with Crippen LogP contribution in [0.2, 0.25) is 0 Å². The number of ether oxygens (including phenoxy) is 1. The molecule has 2 aromatic rings. The Kier molecular flexibility index (Phi) is 6.27. The van der Waals surface area contributed by atoms with E-state index in [-0.39, 0.29) is 6.04 Å². The standard InChI is InChI=1S/C17H22BrNOS/c1-4-10-19-17(16-9-7-13(5-2)21-16)14-8-6-12(20-3)11-15(14)18/h6-9,11,17,19H,4-5,10H2,1-3H3. The third-order valence-corrected chi connectivity index (χ3v) is 5.41. The zero-order chi connectivity index (χ0) is 15.2. The van der Waals surface area contributed by atoms with Gasteiger partial charge in [-0.05, 0) is 49.2 Å². The predicted molar refractivity (Wildman–Crippen MR) is 94.5 cm³/mol. The van der Waals surface area contributed by atoms with E-state index in [9.17, 15) is 0 Å². The normalized spacial score (nSPS) is 12.4. The van der Waals surface area contributed by atoms with Crippen LogP contribution in [0.25, 0.3) is 0 Å². The first-order valence-corrected chi connectivity index (χ1v) is 8.96. The third-order valence-electron chi connectivity index (χ3n) is 3.43. The summed E-state index contributed by atoms with van der Waals surface area (Å²) in [6.45, 7) is 5.40. The van der Waals surface area contributed by atoms with Crippen molar-refractivity contribution in [2.75, 3.05) is 13.7 Å². The van der Waals surface area contributed by atoms with Gasteiger partial charge in [-0.1, -0.05) is 35.8 Å². The fourth-order valence-electron chi connectivity index (χ4n) is 2.26. The van der Waals surface area contributed by atoms with Crippen molar-refractivity contribution < 1.29 is 4.74 Å². The highest BCUT2D eigenvalue weighted by Crippen LogP contribution is 2.34. The minimum Gasteiger partial charge on any atom is -0.497 e. The van der Waals surface area contributed by atoms with Gasteiger partial charge in [-0.25, -0.2) is 0 Å². The molecule has 0 amide bonds. The van der Waals surface area contributed by atoms with Crippen molar-refractivity contribution in [3.63, 3.8) is 0 Å². The highest BCUT2D eigenvalue weighted by Gasteiger charge is 2.18. The van der Waals surface area contributed by atoms with Crippen molar-refractivity contribution in [2.24, 2.45) is 0 Å². The van der Waals surface area contributed by atoms with E-state index in [0.717, 1.165) is 29.6 Å². The summed E-state index contributed by atoms with van der Waals surface area (Å²) in [5, 5.41) is 3.66. The van der Waals surface area contributed by atoms with Crippen LogP contribution in [0.3, 0.4) is 0 Å². The molecule has 21 heavy (non-hydrogen) atoms. The van der Waals surface area contributed by atoms with Crippen molar-refractivity contribution in [2.45, 2.75) is 32.7 Å². The Morgan fingerprint density at radius 2 is 2.05 bits per heavy atom. The van der Waals surface area contributed by atoms with Crippen LogP contribution in [-0.2, 0) is 6.42 Å². The second-order valence-electron chi connectivity index (χ2n) is 4.93. The van der Waals surface area contributed by atoms with Gasteiger partial charge < -0.3 is 10.1 Å². The van der Waals surface area contributed by atoms with Crippen molar-refractivity contribution in [1.29, 1.82) is 0 Å². The Morgan fingerprint density at radius 3 is 2.62 bits per heavy atom. The molecule has 1 N–H and O–H groups in total. The second-order valence-corrected chi connectivity index (χ2v) is 6.99. The smallest absolute Gasteiger partial charge is 0.120 e. The lowest BCUT2D eigenvalue weighted by molar-refractivity contribution is 0.414. The molecule has 0 bridgehead atoms. The number of thiophene rings is 1. The van der Waals surface area contributed by atoms with Crippen LogP contribution in [0.15, 0.2) is 34.8 Å². The summed E-state index contributed by atoms with van der Waals surface area (Å²) in [6.07, 6.45) is 2.21. The molecule has 1 unspecified atom stereocenters. The molecular weight excluding hydrogens is 346 g/mol. The number of hydrogen-bond donors (Lipinski definition) is 1. The summed E-state index contributed by atoms with van der Waals surface area (Å²) in [7, 11) is 1.70. The summed E-state index contributed by atoms with van der Waals surface area (Å²) in [6, 6.07) is 10.9. The van der Waals surface area contributed by atoms with Gasteiger partial charge >= 0.3 is 0 Å². The van der Waals surface area contributed by atoms with E-state index in [0.29, 0.717) is 0 Å². The molecule has 1 aromatic heterocycles. The van der Waals surface area contributed by atoms with E-state index < -0.39 is 0 Å². The summed E-state index contributed by atoms with van der Waals surface area (Å²) < 4.78 is 6.38. The average molecular weight is 368 g/mol. The molecule has 0 aliphatic carbocycles. The number of benzene rings is 1. The number of aryl methyl sites for hydroxylation is 1. The number of hydrogen-bond acceptors (Lipinski definition) is 3. The molecule has 4 heteroatoms. The lowest BCUT2D eigenvalue weighted by atomic mass is 10.0. The van der Waals surface area contributed by atoms with E-state index in [2.05, 4.69) is 53.3 Å². The molecule has 0 saturated carbocycles. The zero-order valence-electron chi connectivity index (χ0n) is 12.8. The summed E-state index contributed by atoms with van der Waals surface area (Å²) in [4.78, 5) is 2.80. The molecular formula is C17H22BrNOS. The first-order chi connectivity index (χ1) is 10.2. The van der Waals surface area contributed by atoms with Crippen molar-refractivity contribution >= 4 is 27.3 Å². The maximum Gasteiger partial charge on any atom is 0.120 e. The molecule has 1 atom stereocenters. The van der Waals surface area contributed by atoms with Gasteiger partial charge in [0.25, 0.3) is 0 Å². The van der Waals surface area contributed by atoms with Gasteiger partial charge in [0, 0.05) is 14.2 Å². The Labute approximate surface area is 139 Å². The average Bonchev–Trinajstić information content (AvgIpc) is 2.97. The third kappa shape index (κ3) is 4.09. The molecule has 2 rings (SSSR count).